The highest BCUT2D eigenvalue weighted by Crippen LogP contribution is 2.38. The molecule has 200 valence electrons. The number of epoxide rings is 1. The molecule has 3 atom stereocenters. The second-order valence-corrected chi connectivity index (χ2v) is 10.0. The average Bonchev–Trinajstić information content (AvgIpc) is 3.57. The lowest BCUT2D eigenvalue weighted by molar-refractivity contribution is -0.120. The summed E-state index contributed by atoms with van der Waals surface area (Å²) in [4.78, 5) is 31.0. The number of hydrogen-bond donors (Lipinski definition) is 2. The molecule has 9 heteroatoms. The molecule has 3 aromatic carbocycles. The number of benzene rings is 3. The molecule has 0 bridgehead atoms. The second-order valence-electron chi connectivity index (χ2n) is 10.0. The van der Waals surface area contributed by atoms with Crippen molar-refractivity contribution in [3.63, 3.8) is 0 Å². The van der Waals surface area contributed by atoms with Gasteiger partial charge in [0.2, 0.25) is 12.2 Å². The van der Waals surface area contributed by atoms with Crippen LogP contribution >= 0.6 is 0 Å². The lowest BCUT2D eigenvalue weighted by Gasteiger charge is -2.31. The summed E-state index contributed by atoms with van der Waals surface area (Å²) in [5.41, 5.74) is 4.44. The summed E-state index contributed by atoms with van der Waals surface area (Å²) in [6.07, 6.45) is 1.00. The Morgan fingerprint density at radius 3 is 2.67 bits per heavy atom. The van der Waals surface area contributed by atoms with Crippen LogP contribution in [0.4, 0.5) is 10.1 Å². The third kappa shape index (κ3) is 5.23. The molecule has 2 aliphatic heterocycles. The Labute approximate surface area is 225 Å². The minimum Gasteiger partial charge on any atom is -0.361 e. The van der Waals surface area contributed by atoms with E-state index in [0.717, 1.165) is 22.0 Å². The molecule has 3 heterocycles. The van der Waals surface area contributed by atoms with Gasteiger partial charge in [0.05, 0.1) is 6.10 Å². The molecule has 0 saturated carbocycles. The molecule has 1 aromatic heterocycles. The third-order valence-electron chi connectivity index (χ3n) is 7.16. The number of nitrogens with zero attached hydrogens (tertiary/aromatic N) is 2. The number of carbonyl (C=O) groups excluding carboxylic acids is 2. The number of hydrogen-bond acceptors (Lipinski definition) is 5. The van der Waals surface area contributed by atoms with Gasteiger partial charge in [-0.3, -0.25) is 9.59 Å². The molecular weight excluding hydrogens is 499 g/mol. The zero-order chi connectivity index (χ0) is 27.1. The van der Waals surface area contributed by atoms with E-state index in [0.29, 0.717) is 36.4 Å². The van der Waals surface area contributed by atoms with Crippen LogP contribution in [0.25, 0.3) is 22.0 Å². The molecule has 6 rings (SSSR count). The van der Waals surface area contributed by atoms with Gasteiger partial charge < -0.3 is 29.6 Å². The van der Waals surface area contributed by atoms with Crippen molar-refractivity contribution >= 4 is 28.4 Å². The number of nitrogens with one attached hydrogen (secondary N) is 2. The molecule has 2 unspecified atom stereocenters. The standard InChI is InChI=1S/C30H29FN4O4/c1-18(36)33-15-24-17-35(29-30(38-24)39-29)23-9-10-25(26(31)14-23)20-5-3-19(4-6-20)16-34(2)28(37)22-8-7-21-11-12-32-27(21)13-22/h3-14,24,29-30,32H,15-17H2,1-2H3,(H,33,36)/t24-,29?,30?/m0/s1. The normalized spacial score (nSPS) is 20.0. The SMILES string of the molecule is CC(=O)NC[C@H]1CN(c2ccc(-c3ccc(CN(C)C(=O)c4ccc5cc[nH]c5c4)cc3)c(F)c2)C2OC2O1. The van der Waals surface area contributed by atoms with Crippen LogP contribution in [0, 0.1) is 5.82 Å². The number of rotatable bonds is 7. The smallest absolute Gasteiger partial charge is 0.253 e. The summed E-state index contributed by atoms with van der Waals surface area (Å²) in [6.45, 7) is 2.75. The molecule has 4 aromatic rings. The van der Waals surface area contributed by atoms with Crippen molar-refractivity contribution in [3.05, 3.63) is 89.9 Å². The van der Waals surface area contributed by atoms with Gasteiger partial charge in [-0.25, -0.2) is 4.39 Å². The van der Waals surface area contributed by atoms with Gasteiger partial charge in [-0.2, -0.15) is 0 Å². The Balaban J connectivity index is 1.12. The highest BCUT2D eigenvalue weighted by atomic mass is 19.1. The molecule has 8 nitrogen and oxygen atoms in total. The summed E-state index contributed by atoms with van der Waals surface area (Å²) >= 11 is 0. The Kier molecular flexibility index (Phi) is 6.54. The lowest BCUT2D eigenvalue weighted by atomic mass is 10.0. The van der Waals surface area contributed by atoms with E-state index in [2.05, 4.69) is 10.3 Å². The third-order valence-corrected chi connectivity index (χ3v) is 7.16. The number of aromatic amines is 1. The fraction of sp³-hybridized carbons (Fsp3) is 0.267. The molecule has 0 aliphatic carbocycles. The van der Waals surface area contributed by atoms with Crippen molar-refractivity contribution in [2.45, 2.75) is 32.1 Å². The fourth-order valence-corrected chi connectivity index (χ4v) is 5.04. The van der Waals surface area contributed by atoms with Crippen molar-refractivity contribution in [1.29, 1.82) is 0 Å². The average molecular weight is 529 g/mol. The number of morpholine rings is 1. The maximum atomic E-state index is 15.3. The molecule has 2 N–H and O–H groups in total. The van der Waals surface area contributed by atoms with E-state index in [9.17, 15) is 9.59 Å². The topological polar surface area (TPSA) is 90.2 Å². The van der Waals surface area contributed by atoms with Crippen molar-refractivity contribution in [2.24, 2.45) is 0 Å². The van der Waals surface area contributed by atoms with Crippen LogP contribution in [0.5, 0.6) is 0 Å². The summed E-state index contributed by atoms with van der Waals surface area (Å²) in [5, 5.41) is 3.82. The van der Waals surface area contributed by atoms with Crippen molar-refractivity contribution < 1.29 is 23.5 Å². The maximum Gasteiger partial charge on any atom is 0.253 e. The first-order valence-corrected chi connectivity index (χ1v) is 12.9. The van der Waals surface area contributed by atoms with E-state index in [1.54, 1.807) is 18.0 Å². The van der Waals surface area contributed by atoms with Gasteiger partial charge in [-0.1, -0.05) is 30.3 Å². The monoisotopic (exact) mass is 528 g/mol. The number of carbonyl (C=O) groups is 2. The van der Waals surface area contributed by atoms with Crippen LogP contribution in [0.1, 0.15) is 22.8 Å². The van der Waals surface area contributed by atoms with E-state index in [1.165, 1.54) is 13.0 Å². The maximum absolute atomic E-state index is 15.3. The van der Waals surface area contributed by atoms with Crippen LogP contribution in [0.15, 0.2) is 72.9 Å². The first kappa shape index (κ1) is 25.1. The van der Waals surface area contributed by atoms with E-state index < -0.39 is 0 Å². The van der Waals surface area contributed by atoms with Crippen LogP contribution in [-0.2, 0) is 20.8 Å². The van der Waals surface area contributed by atoms with Gasteiger partial charge in [-0.05, 0) is 52.9 Å². The predicted molar refractivity (Wildman–Crippen MR) is 145 cm³/mol. The summed E-state index contributed by atoms with van der Waals surface area (Å²) in [7, 11) is 1.77. The molecule has 39 heavy (non-hydrogen) atoms. The summed E-state index contributed by atoms with van der Waals surface area (Å²) < 4.78 is 26.6. The van der Waals surface area contributed by atoms with E-state index in [4.69, 9.17) is 9.47 Å². The number of ether oxygens (including phenoxy) is 2. The fourth-order valence-electron chi connectivity index (χ4n) is 5.04. The largest absolute Gasteiger partial charge is 0.361 e. The van der Waals surface area contributed by atoms with E-state index in [-0.39, 0.29) is 36.3 Å². The first-order valence-electron chi connectivity index (χ1n) is 12.9. The van der Waals surface area contributed by atoms with Crippen molar-refractivity contribution in [3.8, 4) is 11.1 Å². The second kappa shape index (κ2) is 10.2. The minimum atomic E-state index is -0.367. The number of H-pyrrole nitrogens is 1. The van der Waals surface area contributed by atoms with Gasteiger partial charge in [0.25, 0.3) is 5.91 Å². The number of fused-ring (bicyclic) bond motifs is 2. The van der Waals surface area contributed by atoms with Crippen LogP contribution in [0.3, 0.4) is 0 Å². The lowest BCUT2D eigenvalue weighted by Crippen LogP contribution is -2.47. The Bertz CT molecular complexity index is 1540. The molecule has 2 saturated heterocycles. The Hall–Kier alpha value is -4.21. The zero-order valence-corrected chi connectivity index (χ0v) is 21.7. The quantitative estimate of drug-likeness (QED) is 0.350. The van der Waals surface area contributed by atoms with Crippen LogP contribution in [0.2, 0.25) is 0 Å². The molecule has 0 radical (unpaired) electrons. The van der Waals surface area contributed by atoms with E-state index >= 15 is 4.39 Å². The molecule has 2 fully saturated rings. The minimum absolute atomic E-state index is 0.0680. The van der Waals surface area contributed by atoms with Gasteiger partial charge in [0, 0.05) is 62.1 Å². The van der Waals surface area contributed by atoms with Gasteiger partial charge in [0.15, 0.2) is 6.23 Å². The van der Waals surface area contributed by atoms with Crippen LogP contribution < -0.4 is 10.2 Å². The Morgan fingerprint density at radius 1 is 1.08 bits per heavy atom. The highest BCUT2D eigenvalue weighted by molar-refractivity contribution is 5.97. The number of anilines is 1. The zero-order valence-electron chi connectivity index (χ0n) is 21.7. The first-order chi connectivity index (χ1) is 18.9. The predicted octanol–water partition coefficient (Wildman–Crippen LogP) is 4.27. The number of aromatic nitrogens is 1. The molecular formula is C30H29FN4O4. The van der Waals surface area contributed by atoms with Crippen molar-refractivity contribution in [1.82, 2.24) is 15.2 Å². The van der Waals surface area contributed by atoms with Crippen molar-refractivity contribution in [2.75, 3.05) is 25.0 Å². The van der Waals surface area contributed by atoms with Gasteiger partial charge in [0.1, 0.15) is 5.82 Å². The van der Waals surface area contributed by atoms with Gasteiger partial charge >= 0.3 is 0 Å². The Morgan fingerprint density at radius 2 is 1.90 bits per heavy atom. The molecule has 2 aliphatic rings. The van der Waals surface area contributed by atoms with E-state index in [1.807, 2.05) is 65.7 Å². The summed E-state index contributed by atoms with van der Waals surface area (Å²) in [5.74, 6) is -0.533. The number of amides is 2. The summed E-state index contributed by atoms with van der Waals surface area (Å²) in [6, 6.07) is 20.3. The molecule has 0 spiro atoms. The van der Waals surface area contributed by atoms with Crippen LogP contribution in [-0.4, -0.2) is 60.5 Å². The highest BCUT2D eigenvalue weighted by Gasteiger charge is 2.51. The van der Waals surface area contributed by atoms with Gasteiger partial charge in [-0.15, -0.1) is 0 Å². The number of halogens is 1. The molecule has 2 amide bonds.